The largest absolute Gasteiger partial charge is 0.465 e. The van der Waals surface area contributed by atoms with Crippen LogP contribution in [0.1, 0.15) is 258 Å². The number of alkyl carbamates (subject to hydrolysis) is 1. The Hall–Kier alpha value is -4.63. The molecule has 0 radical (unpaired) electrons. The number of esters is 4. The average Bonchev–Trinajstić information content (AvgIpc) is 3.99. The van der Waals surface area contributed by atoms with Crippen molar-refractivity contribution in [2.24, 2.45) is 5.92 Å². The van der Waals surface area contributed by atoms with Gasteiger partial charge in [-0.15, -0.1) is 23.7 Å². The van der Waals surface area contributed by atoms with E-state index in [9.17, 15) is 24.0 Å². The van der Waals surface area contributed by atoms with Gasteiger partial charge in [0.15, 0.2) is 6.29 Å². The molecule has 1 heterocycles. The van der Waals surface area contributed by atoms with Crippen LogP contribution >= 0.6 is 0 Å². The lowest BCUT2D eigenvalue weighted by Crippen LogP contribution is -2.35. The third kappa shape index (κ3) is 39.4. The Kier molecular flexibility index (Phi) is 43.9. The van der Waals surface area contributed by atoms with E-state index in [1.807, 2.05) is 18.2 Å². The third-order valence-electron chi connectivity index (χ3n) is 13.9. The summed E-state index contributed by atoms with van der Waals surface area (Å²) in [5, 5.41) is 2.89. The normalized spacial score (nSPS) is 12.9. The number of ether oxygens (including phenoxy) is 7. The Bertz CT molecular complexity index is 1870. The summed E-state index contributed by atoms with van der Waals surface area (Å²) in [4.78, 5) is 67.4. The molecule has 0 aromatic heterocycles. The summed E-state index contributed by atoms with van der Waals surface area (Å²) >= 11 is 0. The molecule has 79 heavy (non-hydrogen) atoms. The monoisotopic (exact) mass is 1110 g/mol. The van der Waals surface area contributed by atoms with Crippen LogP contribution < -0.4 is 5.32 Å². The molecule has 14 nitrogen and oxygen atoms in total. The van der Waals surface area contributed by atoms with Crippen LogP contribution in [0.5, 0.6) is 0 Å². The van der Waals surface area contributed by atoms with E-state index < -0.39 is 30.4 Å². The van der Waals surface area contributed by atoms with Gasteiger partial charge in [0.2, 0.25) is 0 Å². The molecule has 1 aliphatic heterocycles. The van der Waals surface area contributed by atoms with E-state index in [0.717, 1.165) is 142 Å². The van der Waals surface area contributed by atoms with Gasteiger partial charge in [-0.05, 0) is 119 Å². The summed E-state index contributed by atoms with van der Waals surface area (Å²) in [5.41, 5.74) is 1.94. The predicted octanol–water partition coefficient (Wildman–Crippen LogP) is 14.6. The Balaban J connectivity index is 0.0000320. The lowest BCUT2D eigenvalue weighted by molar-refractivity contribution is -0.158. The lowest BCUT2D eigenvalue weighted by Gasteiger charge is -2.19. The maximum absolute atomic E-state index is 13.3. The fourth-order valence-corrected chi connectivity index (χ4v) is 9.13. The summed E-state index contributed by atoms with van der Waals surface area (Å²) in [6, 6.07) is 5.45. The van der Waals surface area contributed by atoms with Gasteiger partial charge in [0.05, 0.1) is 32.2 Å². The van der Waals surface area contributed by atoms with E-state index in [1.165, 1.54) is 25.7 Å². The highest BCUT2D eigenvalue weighted by molar-refractivity contribution is 5.72. The van der Waals surface area contributed by atoms with Gasteiger partial charge in [-0.1, -0.05) is 118 Å². The Morgan fingerprint density at radius 2 is 0.987 bits per heavy atom. The van der Waals surface area contributed by atoms with E-state index in [0.29, 0.717) is 81.6 Å². The number of nitrogens with zero attached hydrogens (tertiary/aromatic N) is 1. The highest BCUT2D eigenvalue weighted by atomic mass is 16.7. The second kappa shape index (κ2) is 49.2. The van der Waals surface area contributed by atoms with E-state index in [1.54, 1.807) is 0 Å². The second-order valence-corrected chi connectivity index (χ2v) is 21.2. The number of carbonyl (C=O) groups is 5. The Morgan fingerprint density at radius 3 is 1.54 bits per heavy atom. The Labute approximate surface area is 479 Å². The van der Waals surface area contributed by atoms with Gasteiger partial charge in [0, 0.05) is 59.5 Å². The van der Waals surface area contributed by atoms with E-state index in [2.05, 4.69) is 68.5 Å². The molecule has 2 atom stereocenters. The minimum atomic E-state index is -0.617. The van der Waals surface area contributed by atoms with Crippen molar-refractivity contribution in [2.45, 2.75) is 272 Å². The highest BCUT2D eigenvalue weighted by Crippen LogP contribution is 2.21. The van der Waals surface area contributed by atoms with Crippen molar-refractivity contribution in [1.29, 1.82) is 0 Å². The topological polar surface area (TPSA) is 165 Å². The smallest absolute Gasteiger partial charge is 0.407 e. The number of nitrogens with one attached hydrogen (secondary N) is 1. The van der Waals surface area contributed by atoms with Crippen LogP contribution in [-0.2, 0) is 72.2 Å². The van der Waals surface area contributed by atoms with Crippen LogP contribution in [0, 0.1) is 29.6 Å². The molecule has 1 amide bonds. The van der Waals surface area contributed by atoms with Gasteiger partial charge in [-0.25, -0.2) is 4.79 Å². The van der Waals surface area contributed by atoms with Crippen molar-refractivity contribution in [2.75, 3.05) is 46.0 Å². The number of rotatable bonds is 47. The van der Waals surface area contributed by atoms with Crippen LogP contribution in [0.3, 0.4) is 0 Å². The maximum Gasteiger partial charge on any atom is 0.407 e. The molecule has 0 spiro atoms. The number of likely N-dealkylation sites (tertiary alicyclic amines) is 1. The molecule has 14 heteroatoms. The van der Waals surface area contributed by atoms with Gasteiger partial charge < -0.3 is 43.4 Å². The summed E-state index contributed by atoms with van der Waals surface area (Å²) in [6.07, 6.45) is 25.3. The molecule has 1 saturated heterocycles. The number of hydrogen-bond acceptors (Lipinski definition) is 13. The maximum atomic E-state index is 13.3. The van der Waals surface area contributed by atoms with Gasteiger partial charge in [0.1, 0.15) is 25.9 Å². The fraction of sp³-hybridized carbons (Fsp3) is 0.769. The van der Waals surface area contributed by atoms with Gasteiger partial charge in [-0.2, -0.15) is 0 Å². The molecular formula is C65H108N2O12. The molecule has 2 rings (SSSR count). The van der Waals surface area contributed by atoms with Crippen LogP contribution in [0.4, 0.5) is 4.79 Å². The molecule has 1 aromatic rings. The number of hydrogen-bond donors (Lipinski definition) is 1. The average molecular weight is 1110 g/mol. The van der Waals surface area contributed by atoms with E-state index >= 15 is 0 Å². The summed E-state index contributed by atoms with van der Waals surface area (Å²) in [6.45, 7) is 15.2. The number of amides is 1. The molecule has 1 aliphatic rings. The first-order valence-corrected chi connectivity index (χ1v) is 31.2. The van der Waals surface area contributed by atoms with Gasteiger partial charge in [-0.3, -0.25) is 19.2 Å². The number of carbonyl (C=O) groups excluding carboxylic acids is 5. The van der Waals surface area contributed by atoms with Crippen LogP contribution in [0.2, 0.25) is 0 Å². The van der Waals surface area contributed by atoms with Gasteiger partial charge in [0.25, 0.3) is 0 Å². The molecule has 0 saturated carbocycles. The lowest BCUT2D eigenvalue weighted by atomic mass is 9.95. The molecule has 1 N–H and O–H groups in total. The Morgan fingerprint density at radius 1 is 0.506 bits per heavy atom. The first kappa shape index (κ1) is 70.5. The summed E-state index contributed by atoms with van der Waals surface area (Å²) < 4.78 is 40.8. The zero-order valence-electron chi connectivity index (χ0n) is 50.0. The predicted molar refractivity (Wildman–Crippen MR) is 314 cm³/mol. The summed E-state index contributed by atoms with van der Waals surface area (Å²) in [7, 11) is 0. The first-order valence-electron chi connectivity index (χ1n) is 31.2. The van der Waals surface area contributed by atoms with Crippen molar-refractivity contribution in [3.8, 4) is 23.7 Å². The molecule has 0 bridgehead atoms. The molecule has 1 aromatic carbocycles. The van der Waals surface area contributed by atoms with Gasteiger partial charge >= 0.3 is 30.0 Å². The zero-order valence-corrected chi connectivity index (χ0v) is 50.0. The highest BCUT2D eigenvalue weighted by Gasteiger charge is 2.21. The van der Waals surface area contributed by atoms with Crippen molar-refractivity contribution < 1.29 is 58.6 Å². The SMILES string of the molecule is CCCCC#CCCOC(CCC(=O)OCc1cc(COC(=O)CCCCCCOC(=O)C(CCCC)CCCCCC)cc(COC(=O)CCC(CCCCCC)OC(=O)NCCN2CCCC2)c1)OCCC#CCCCC.[HH]. The van der Waals surface area contributed by atoms with Crippen molar-refractivity contribution in [3.63, 3.8) is 0 Å². The second-order valence-electron chi connectivity index (χ2n) is 21.2. The number of unbranched alkanes of at least 4 members (excludes halogenated alkanes) is 14. The summed E-state index contributed by atoms with van der Waals surface area (Å²) in [5.74, 6) is 11.4. The van der Waals surface area contributed by atoms with Crippen LogP contribution in [0.25, 0.3) is 0 Å². The first-order chi connectivity index (χ1) is 38.6. The minimum Gasteiger partial charge on any atom is -0.465 e. The minimum absolute atomic E-state index is 0. The molecular weight excluding hydrogens is 1000 g/mol. The quantitative estimate of drug-likeness (QED) is 0.0216. The van der Waals surface area contributed by atoms with Crippen LogP contribution in [-0.4, -0.2) is 93.3 Å². The standard InChI is InChI=1S/C65H106N2O12.H2/c1-6-11-16-20-23-31-46-73-63(74-47-32-24-21-17-12-7-2)41-40-62(70)78-54-57-50-55(52-76-60(68)37-28-22-25-33-48-75-64(71)58(34-15-10-5)35-26-18-13-8-3)49-56(51-57)53-77-61(69)39-38-59(36-27-19-14-9-4)79-65(72)66-42-45-67-43-29-30-44-67;/h49-51,58-59,63H,6-19,22,25-48,52-54H2,1-5H3,(H,66,72);1H. The van der Waals surface area contributed by atoms with E-state index in [-0.39, 0.29) is 58.4 Å². The molecule has 450 valence electrons. The number of benzene rings is 1. The zero-order chi connectivity index (χ0) is 57.2. The fourth-order valence-electron chi connectivity index (χ4n) is 9.13. The van der Waals surface area contributed by atoms with Crippen molar-refractivity contribution in [1.82, 2.24) is 10.2 Å². The third-order valence-corrected chi connectivity index (χ3v) is 13.9. The molecule has 2 unspecified atom stereocenters. The van der Waals surface area contributed by atoms with Crippen molar-refractivity contribution in [3.05, 3.63) is 34.9 Å². The van der Waals surface area contributed by atoms with E-state index in [4.69, 9.17) is 33.2 Å². The van der Waals surface area contributed by atoms with Crippen LogP contribution in [0.15, 0.2) is 18.2 Å². The molecule has 0 aliphatic carbocycles. The molecule has 1 fully saturated rings. The van der Waals surface area contributed by atoms with Crippen molar-refractivity contribution >= 4 is 30.0 Å².